The molecule has 9 nitrogen and oxygen atoms in total. The SMILES string of the molecule is CS(=O)(=O)c1cccc(C(=O)CCCOCCOCCOCCN=[N+]=[N-])c1. The molecule has 0 saturated carbocycles. The molecule has 0 saturated heterocycles. The number of Topliss-reactive ketones (excluding diaryl/α,β-unsaturated/α-hetero) is 1. The first kappa shape index (κ1) is 23.1. The minimum atomic E-state index is -3.33. The smallest absolute Gasteiger partial charge is 0.175 e. The largest absolute Gasteiger partial charge is 0.379 e. The highest BCUT2D eigenvalue weighted by Crippen LogP contribution is 2.13. The van der Waals surface area contributed by atoms with Gasteiger partial charge < -0.3 is 14.2 Å². The molecule has 0 aromatic heterocycles. The zero-order valence-electron chi connectivity index (χ0n) is 15.4. The van der Waals surface area contributed by atoms with Crippen LogP contribution in [-0.4, -0.2) is 66.6 Å². The molecule has 0 N–H and O–H groups in total. The summed E-state index contributed by atoms with van der Waals surface area (Å²) in [5.74, 6) is -0.113. The molecule has 0 amide bonds. The van der Waals surface area contributed by atoms with Gasteiger partial charge in [-0.3, -0.25) is 4.79 Å². The maximum absolute atomic E-state index is 12.1. The molecule has 0 bridgehead atoms. The van der Waals surface area contributed by atoms with E-state index < -0.39 is 9.84 Å². The van der Waals surface area contributed by atoms with Crippen molar-refractivity contribution < 1.29 is 27.4 Å². The van der Waals surface area contributed by atoms with Crippen LogP contribution in [0.3, 0.4) is 0 Å². The molecule has 0 atom stereocenters. The van der Waals surface area contributed by atoms with E-state index in [1.54, 1.807) is 12.1 Å². The van der Waals surface area contributed by atoms with Crippen LogP contribution in [0.15, 0.2) is 34.3 Å². The molecule has 0 spiro atoms. The van der Waals surface area contributed by atoms with Gasteiger partial charge in [-0.25, -0.2) is 8.42 Å². The average Bonchev–Trinajstić information content (AvgIpc) is 2.64. The number of rotatable bonds is 15. The van der Waals surface area contributed by atoms with Crippen LogP contribution < -0.4 is 0 Å². The Morgan fingerprint density at radius 1 is 1.07 bits per heavy atom. The summed E-state index contributed by atoms with van der Waals surface area (Å²) in [4.78, 5) is 14.9. The fraction of sp³-hybridized carbons (Fsp3) is 0.588. The van der Waals surface area contributed by atoms with Gasteiger partial charge in [0, 0.05) is 36.3 Å². The van der Waals surface area contributed by atoms with E-state index in [1.807, 2.05) is 0 Å². The predicted molar refractivity (Wildman–Crippen MR) is 99.6 cm³/mol. The number of hydrogen-bond donors (Lipinski definition) is 0. The first-order valence-corrected chi connectivity index (χ1v) is 10.4. The van der Waals surface area contributed by atoms with Crippen LogP contribution in [0.2, 0.25) is 0 Å². The molecule has 0 heterocycles. The lowest BCUT2D eigenvalue weighted by Crippen LogP contribution is -2.11. The Morgan fingerprint density at radius 3 is 2.33 bits per heavy atom. The van der Waals surface area contributed by atoms with Gasteiger partial charge in [-0.05, 0) is 24.1 Å². The fourth-order valence-corrected chi connectivity index (χ4v) is 2.74. The maximum Gasteiger partial charge on any atom is 0.175 e. The topological polar surface area (TPSA) is 128 Å². The number of nitrogens with zero attached hydrogens (tertiary/aromatic N) is 3. The quantitative estimate of drug-likeness (QED) is 0.146. The number of carbonyl (C=O) groups excluding carboxylic acids is 1. The van der Waals surface area contributed by atoms with Crippen LogP contribution in [-0.2, 0) is 24.0 Å². The van der Waals surface area contributed by atoms with Gasteiger partial charge in [0.2, 0.25) is 0 Å². The lowest BCUT2D eigenvalue weighted by atomic mass is 10.1. The number of ether oxygens (including phenoxy) is 3. The maximum atomic E-state index is 12.1. The second-order valence-electron chi connectivity index (χ2n) is 5.62. The van der Waals surface area contributed by atoms with E-state index in [9.17, 15) is 13.2 Å². The van der Waals surface area contributed by atoms with Crippen LogP contribution in [0.4, 0.5) is 0 Å². The van der Waals surface area contributed by atoms with Gasteiger partial charge in [0.15, 0.2) is 15.6 Å². The van der Waals surface area contributed by atoms with Crippen molar-refractivity contribution in [3.05, 3.63) is 40.3 Å². The van der Waals surface area contributed by atoms with Crippen molar-refractivity contribution >= 4 is 15.6 Å². The Hall–Kier alpha value is -1.97. The second kappa shape index (κ2) is 13.2. The molecule has 0 unspecified atom stereocenters. The third-order valence-electron chi connectivity index (χ3n) is 3.42. The minimum Gasteiger partial charge on any atom is -0.379 e. The van der Waals surface area contributed by atoms with Crippen molar-refractivity contribution in [1.29, 1.82) is 0 Å². The number of carbonyl (C=O) groups is 1. The van der Waals surface area contributed by atoms with Crippen LogP contribution in [0, 0.1) is 0 Å². The Labute approximate surface area is 159 Å². The standard InChI is InChI=1S/C17H25N3O6S/c1-27(22,23)16-5-2-4-15(14-16)17(21)6-3-8-24-10-12-26-13-11-25-9-7-19-20-18/h2,4-5,14H,3,6-13H2,1H3. The molecular formula is C17H25N3O6S. The van der Waals surface area contributed by atoms with E-state index in [0.717, 1.165) is 6.26 Å². The average molecular weight is 399 g/mol. The molecule has 0 aliphatic carbocycles. The van der Waals surface area contributed by atoms with E-state index >= 15 is 0 Å². The highest BCUT2D eigenvalue weighted by molar-refractivity contribution is 7.90. The number of azide groups is 1. The Kier molecular flexibility index (Phi) is 11.3. The molecule has 1 aromatic carbocycles. The van der Waals surface area contributed by atoms with Gasteiger partial charge in [0.25, 0.3) is 0 Å². The van der Waals surface area contributed by atoms with Crippen LogP contribution in [0.25, 0.3) is 10.4 Å². The zero-order chi connectivity index (χ0) is 20.0. The third-order valence-corrected chi connectivity index (χ3v) is 4.53. The first-order chi connectivity index (χ1) is 12.9. The van der Waals surface area contributed by atoms with Crippen molar-refractivity contribution in [2.45, 2.75) is 17.7 Å². The van der Waals surface area contributed by atoms with Gasteiger partial charge in [-0.2, -0.15) is 0 Å². The molecule has 0 aliphatic heterocycles. The highest BCUT2D eigenvalue weighted by Gasteiger charge is 2.11. The number of sulfone groups is 1. The highest BCUT2D eigenvalue weighted by atomic mass is 32.2. The summed E-state index contributed by atoms with van der Waals surface area (Å²) in [7, 11) is -3.33. The molecule has 10 heteroatoms. The molecule has 0 aliphatic rings. The van der Waals surface area contributed by atoms with Gasteiger partial charge >= 0.3 is 0 Å². The van der Waals surface area contributed by atoms with Crippen molar-refractivity contribution in [3.63, 3.8) is 0 Å². The van der Waals surface area contributed by atoms with Gasteiger partial charge in [0.1, 0.15) is 0 Å². The molecule has 0 fully saturated rings. The Morgan fingerprint density at radius 2 is 1.70 bits per heavy atom. The summed E-state index contributed by atoms with van der Waals surface area (Å²) in [5.41, 5.74) is 8.47. The predicted octanol–water partition coefficient (Wildman–Crippen LogP) is 2.41. The summed E-state index contributed by atoms with van der Waals surface area (Å²) in [6.45, 7) is 2.77. The van der Waals surface area contributed by atoms with E-state index in [1.165, 1.54) is 12.1 Å². The third kappa shape index (κ3) is 10.7. The molecule has 1 aromatic rings. The molecular weight excluding hydrogens is 374 g/mol. The molecule has 1 rings (SSSR count). The summed E-state index contributed by atoms with van der Waals surface area (Å²) in [6, 6.07) is 6.06. The van der Waals surface area contributed by atoms with Gasteiger partial charge in [-0.15, -0.1) is 0 Å². The Bertz CT molecular complexity index is 732. The van der Waals surface area contributed by atoms with Crippen molar-refractivity contribution in [1.82, 2.24) is 0 Å². The summed E-state index contributed by atoms with van der Waals surface area (Å²) in [6.07, 6.45) is 1.94. The first-order valence-electron chi connectivity index (χ1n) is 8.52. The summed E-state index contributed by atoms with van der Waals surface area (Å²) < 4.78 is 38.9. The normalized spacial score (nSPS) is 11.1. The summed E-state index contributed by atoms with van der Waals surface area (Å²) >= 11 is 0. The minimum absolute atomic E-state index is 0.113. The molecule has 0 radical (unpaired) electrons. The van der Waals surface area contributed by atoms with Crippen molar-refractivity contribution in [2.24, 2.45) is 5.11 Å². The van der Waals surface area contributed by atoms with Gasteiger partial charge in [-0.1, -0.05) is 17.2 Å². The van der Waals surface area contributed by atoms with Gasteiger partial charge in [0.05, 0.1) is 37.9 Å². The second-order valence-corrected chi connectivity index (χ2v) is 7.63. The van der Waals surface area contributed by atoms with E-state index in [2.05, 4.69) is 10.0 Å². The van der Waals surface area contributed by atoms with Crippen molar-refractivity contribution in [3.8, 4) is 0 Å². The van der Waals surface area contributed by atoms with E-state index in [4.69, 9.17) is 19.7 Å². The number of hydrogen-bond acceptors (Lipinski definition) is 7. The molecule has 27 heavy (non-hydrogen) atoms. The van der Waals surface area contributed by atoms with Crippen LogP contribution >= 0.6 is 0 Å². The number of benzene rings is 1. The van der Waals surface area contributed by atoms with E-state index in [0.29, 0.717) is 58.2 Å². The lowest BCUT2D eigenvalue weighted by molar-refractivity contribution is 0.0154. The van der Waals surface area contributed by atoms with Crippen molar-refractivity contribution in [2.75, 3.05) is 52.4 Å². The van der Waals surface area contributed by atoms with Crippen LogP contribution in [0.5, 0.6) is 0 Å². The summed E-state index contributed by atoms with van der Waals surface area (Å²) in [5, 5.41) is 3.34. The van der Waals surface area contributed by atoms with Crippen LogP contribution in [0.1, 0.15) is 23.2 Å². The monoisotopic (exact) mass is 399 g/mol. The van der Waals surface area contributed by atoms with E-state index in [-0.39, 0.29) is 17.1 Å². The Balaban J connectivity index is 2.07. The zero-order valence-corrected chi connectivity index (χ0v) is 16.2. The lowest BCUT2D eigenvalue weighted by Gasteiger charge is -2.07. The number of ketones is 1. The fourth-order valence-electron chi connectivity index (χ4n) is 2.07. The molecule has 150 valence electrons.